The van der Waals surface area contributed by atoms with E-state index in [-0.39, 0.29) is 22.9 Å². The maximum Gasteiger partial charge on any atom is 0.268 e. The van der Waals surface area contributed by atoms with E-state index in [9.17, 15) is 9.59 Å². The van der Waals surface area contributed by atoms with Crippen LogP contribution in [-0.4, -0.2) is 34.2 Å². The van der Waals surface area contributed by atoms with E-state index < -0.39 is 14.2 Å². The number of carbonyl (C=O) groups excluding carboxylic acids is 2. The molecule has 0 aliphatic rings. The molecule has 1 aromatic carbocycles. The Balaban J connectivity index is 1.71. The number of anilines is 1. The van der Waals surface area contributed by atoms with E-state index in [0.29, 0.717) is 6.42 Å². The molecular formula is C28H43N5O3Si. The highest BCUT2D eigenvalue weighted by Gasteiger charge is 2.39. The predicted octanol–water partition coefficient (Wildman–Crippen LogP) is 6.46. The van der Waals surface area contributed by atoms with Crippen LogP contribution in [0.4, 0.5) is 5.69 Å². The Bertz CT molecular complexity index is 1210. The van der Waals surface area contributed by atoms with Crippen LogP contribution in [0.25, 0.3) is 10.9 Å². The number of imidazole rings is 1. The lowest BCUT2D eigenvalue weighted by molar-refractivity contribution is -0.116. The van der Waals surface area contributed by atoms with Gasteiger partial charge < -0.3 is 24.6 Å². The molecule has 37 heavy (non-hydrogen) atoms. The second-order valence-electron chi connectivity index (χ2n) is 11.3. The summed E-state index contributed by atoms with van der Waals surface area (Å²) in [7, 11) is -2.08. The summed E-state index contributed by atoms with van der Waals surface area (Å²) < 4.78 is 10.8. The van der Waals surface area contributed by atoms with Gasteiger partial charge in [0.15, 0.2) is 8.32 Å². The number of unbranched alkanes of at least 4 members (excludes halogenated alkanes) is 2. The van der Waals surface area contributed by atoms with Crippen molar-refractivity contribution in [3.8, 4) is 0 Å². The lowest BCUT2D eigenvalue weighted by Crippen LogP contribution is -2.42. The minimum atomic E-state index is -2.08. The van der Waals surface area contributed by atoms with Crippen molar-refractivity contribution in [2.45, 2.75) is 97.1 Å². The number of fused-ring (bicyclic) bond motifs is 1. The maximum atomic E-state index is 12.3. The number of aryl methyl sites for hydroxylation is 1. The number of carbonyl (C=O) groups is 2. The number of nitrogens with two attached hydrogens (primary N) is 1. The molecule has 9 heteroatoms. The molecule has 3 rings (SSSR count). The second kappa shape index (κ2) is 12.1. The monoisotopic (exact) mass is 525 g/mol. The molecule has 3 N–H and O–H groups in total. The van der Waals surface area contributed by atoms with Gasteiger partial charge in [0.1, 0.15) is 11.9 Å². The molecule has 3 aromatic rings. The summed E-state index contributed by atoms with van der Waals surface area (Å²) in [5, 5.41) is 4.23. The third kappa shape index (κ3) is 7.55. The number of aromatic nitrogens is 3. The van der Waals surface area contributed by atoms with Crippen molar-refractivity contribution in [3.63, 3.8) is 0 Å². The Morgan fingerprint density at radius 1 is 1.16 bits per heavy atom. The first-order valence-electron chi connectivity index (χ1n) is 13.3. The summed E-state index contributed by atoms with van der Waals surface area (Å²) in [4.78, 5) is 28.1. The Morgan fingerprint density at radius 3 is 2.57 bits per heavy atom. The highest BCUT2D eigenvalue weighted by atomic mass is 28.4. The summed E-state index contributed by atoms with van der Waals surface area (Å²) in [6.07, 6.45) is 10.4. The largest absolute Gasteiger partial charge is 0.397 e. The van der Waals surface area contributed by atoms with E-state index in [1.54, 1.807) is 12.5 Å². The van der Waals surface area contributed by atoms with Crippen LogP contribution in [0.3, 0.4) is 0 Å². The fraction of sp³-hybridized carbons (Fsp3) is 0.536. The maximum absolute atomic E-state index is 12.3. The normalized spacial score (nSPS) is 13.1. The summed E-state index contributed by atoms with van der Waals surface area (Å²) in [6.45, 7) is 14.0. The minimum Gasteiger partial charge on any atom is -0.397 e. The van der Waals surface area contributed by atoms with Crippen LogP contribution >= 0.6 is 0 Å². The molecule has 0 aliphatic heterocycles. The zero-order chi connectivity index (χ0) is 27.2. The van der Waals surface area contributed by atoms with E-state index >= 15 is 0 Å². The van der Waals surface area contributed by atoms with Crippen LogP contribution < -0.4 is 11.1 Å². The molecule has 0 saturated carbocycles. The second-order valence-corrected chi connectivity index (χ2v) is 16.1. The number of hydrogen-bond acceptors (Lipinski definition) is 4. The molecule has 0 fully saturated rings. The van der Waals surface area contributed by atoms with E-state index in [1.165, 1.54) is 0 Å². The molecule has 0 aliphatic carbocycles. The number of nitrogens with one attached hydrogen (secondary N) is 1. The Labute approximate surface area is 221 Å². The fourth-order valence-electron chi connectivity index (χ4n) is 4.06. The van der Waals surface area contributed by atoms with Gasteiger partial charge in [-0.3, -0.25) is 9.59 Å². The van der Waals surface area contributed by atoms with Crippen LogP contribution in [0.1, 0.15) is 82.9 Å². The average Bonchev–Trinajstić information content (AvgIpc) is 3.45. The molecule has 0 saturated heterocycles. The first-order valence-corrected chi connectivity index (χ1v) is 16.2. The van der Waals surface area contributed by atoms with E-state index in [4.69, 9.17) is 10.2 Å². The molecule has 2 amide bonds. The van der Waals surface area contributed by atoms with Gasteiger partial charge in [0.2, 0.25) is 5.91 Å². The van der Waals surface area contributed by atoms with E-state index in [1.807, 2.05) is 22.8 Å². The first kappa shape index (κ1) is 28.7. The Kier molecular flexibility index (Phi) is 9.36. The van der Waals surface area contributed by atoms with Gasteiger partial charge in [0.25, 0.3) is 5.91 Å². The molecule has 0 radical (unpaired) electrons. The van der Waals surface area contributed by atoms with Crippen molar-refractivity contribution in [2.75, 3.05) is 5.32 Å². The number of amides is 2. The molecule has 1 atom stereocenters. The van der Waals surface area contributed by atoms with Gasteiger partial charge in [-0.15, -0.1) is 0 Å². The van der Waals surface area contributed by atoms with E-state index in [0.717, 1.165) is 55.2 Å². The van der Waals surface area contributed by atoms with Crippen molar-refractivity contribution in [3.05, 3.63) is 48.7 Å². The van der Waals surface area contributed by atoms with Gasteiger partial charge in [0, 0.05) is 31.0 Å². The lowest BCUT2D eigenvalue weighted by Gasteiger charge is -2.39. The van der Waals surface area contributed by atoms with E-state index in [2.05, 4.69) is 67.9 Å². The molecule has 8 nitrogen and oxygen atoms in total. The molecule has 0 bridgehead atoms. The smallest absolute Gasteiger partial charge is 0.268 e. The number of rotatable bonds is 13. The standard InChI is InChI=1S/C28H43N5O3Si/c1-7-8-9-11-25(34)31-22-14-13-21-15-17-32(24(21)18-22)16-10-12-26(36-37(5,6)28(2,3)4)33-19-23(27(29)35)30-20-33/h13-15,17-20,26H,7-12,16H2,1-6H3,(H2,29,35)(H,31,34). The molecular weight excluding hydrogens is 482 g/mol. The van der Waals surface area contributed by atoms with Crippen LogP contribution in [0, 0.1) is 0 Å². The first-order chi connectivity index (χ1) is 17.4. The summed E-state index contributed by atoms with van der Waals surface area (Å²) in [5.74, 6) is -0.482. The fourth-order valence-corrected chi connectivity index (χ4v) is 5.33. The molecule has 0 spiro atoms. The predicted molar refractivity (Wildman–Crippen MR) is 152 cm³/mol. The lowest BCUT2D eigenvalue weighted by atomic mass is 10.2. The molecule has 2 heterocycles. The summed E-state index contributed by atoms with van der Waals surface area (Å²) in [5.41, 5.74) is 7.59. The van der Waals surface area contributed by atoms with Crippen LogP contribution in [-0.2, 0) is 15.8 Å². The Hall–Kier alpha value is -2.91. The minimum absolute atomic E-state index is 0.0480. The van der Waals surface area contributed by atoms with Gasteiger partial charge in [0.05, 0.1) is 11.8 Å². The van der Waals surface area contributed by atoms with Gasteiger partial charge in [-0.1, -0.05) is 46.6 Å². The van der Waals surface area contributed by atoms with Gasteiger partial charge in [-0.2, -0.15) is 0 Å². The highest BCUT2D eigenvalue weighted by molar-refractivity contribution is 6.74. The van der Waals surface area contributed by atoms with Crippen molar-refractivity contribution in [1.82, 2.24) is 14.1 Å². The van der Waals surface area contributed by atoms with Crippen LogP contribution in [0.15, 0.2) is 43.0 Å². The summed E-state index contributed by atoms with van der Waals surface area (Å²) in [6, 6.07) is 8.16. The average molecular weight is 526 g/mol. The zero-order valence-corrected chi connectivity index (χ0v) is 24.2. The van der Waals surface area contributed by atoms with Crippen molar-refractivity contribution in [1.29, 1.82) is 0 Å². The SMILES string of the molecule is CCCCCC(=O)Nc1ccc2ccn(CCCC(O[Si](C)(C)C(C)(C)C)n3cnc(C(N)=O)c3)c2c1. The molecule has 2 aromatic heterocycles. The van der Waals surface area contributed by atoms with Gasteiger partial charge >= 0.3 is 0 Å². The molecule has 202 valence electrons. The topological polar surface area (TPSA) is 104 Å². The molecule has 1 unspecified atom stereocenters. The van der Waals surface area contributed by atoms with Crippen molar-refractivity contribution < 1.29 is 14.0 Å². The third-order valence-electron chi connectivity index (χ3n) is 7.34. The van der Waals surface area contributed by atoms with Crippen LogP contribution in [0.5, 0.6) is 0 Å². The van der Waals surface area contributed by atoms with Gasteiger partial charge in [-0.25, -0.2) is 4.98 Å². The quantitative estimate of drug-likeness (QED) is 0.197. The van der Waals surface area contributed by atoms with Crippen molar-refractivity contribution in [2.24, 2.45) is 5.73 Å². The van der Waals surface area contributed by atoms with Crippen molar-refractivity contribution >= 4 is 36.7 Å². The zero-order valence-electron chi connectivity index (χ0n) is 23.2. The number of primary amides is 1. The number of nitrogens with zero attached hydrogens (tertiary/aromatic N) is 3. The number of benzene rings is 1. The van der Waals surface area contributed by atoms with Gasteiger partial charge in [-0.05, 0) is 61.0 Å². The summed E-state index contributed by atoms with van der Waals surface area (Å²) >= 11 is 0. The Morgan fingerprint density at radius 2 is 1.92 bits per heavy atom. The number of hydrogen-bond donors (Lipinski definition) is 2. The third-order valence-corrected chi connectivity index (χ3v) is 11.8. The van der Waals surface area contributed by atoms with Crippen LogP contribution in [0.2, 0.25) is 18.1 Å². The highest BCUT2D eigenvalue weighted by Crippen LogP contribution is 2.39.